The fraction of sp³-hybridized carbons (Fsp3) is 0.500. The van der Waals surface area contributed by atoms with Crippen LogP contribution in [-0.2, 0) is 7.05 Å². The van der Waals surface area contributed by atoms with Crippen molar-refractivity contribution in [2.45, 2.75) is 6.42 Å². The molecule has 0 atom stereocenters. The monoisotopic (exact) mass is 237 g/mol. The first-order valence-corrected chi connectivity index (χ1v) is 5.60. The molecule has 1 heterocycles. The first kappa shape index (κ1) is 13.4. The second kappa shape index (κ2) is 6.20. The average Bonchev–Trinajstić information content (AvgIpc) is 2.27. The van der Waals surface area contributed by atoms with Gasteiger partial charge in [0.25, 0.3) is 5.91 Å². The third kappa shape index (κ3) is 4.40. The van der Waals surface area contributed by atoms with Crippen LogP contribution in [0.3, 0.4) is 0 Å². The quantitative estimate of drug-likeness (QED) is 0.737. The Hall–Kier alpha value is -1.62. The van der Waals surface area contributed by atoms with Gasteiger partial charge in [-0.3, -0.25) is 9.59 Å². The number of nitrogens with one attached hydrogen (secondary N) is 1. The summed E-state index contributed by atoms with van der Waals surface area (Å²) in [5, 5.41) is 2.82. The van der Waals surface area contributed by atoms with Gasteiger partial charge in [0.05, 0.1) is 5.56 Å². The predicted octanol–water partition coefficient (Wildman–Crippen LogP) is 0.0668. The number of carbonyl (C=O) groups is 1. The Bertz CT molecular complexity index is 438. The van der Waals surface area contributed by atoms with Crippen molar-refractivity contribution in [3.05, 3.63) is 34.2 Å². The van der Waals surface area contributed by atoms with Crippen molar-refractivity contribution < 1.29 is 4.79 Å². The van der Waals surface area contributed by atoms with Gasteiger partial charge in [-0.25, -0.2) is 0 Å². The fourth-order valence-electron chi connectivity index (χ4n) is 1.43. The number of aromatic nitrogens is 1. The minimum atomic E-state index is -0.139. The smallest absolute Gasteiger partial charge is 0.252 e. The van der Waals surface area contributed by atoms with Crippen molar-refractivity contribution in [2.75, 3.05) is 27.2 Å². The molecule has 1 aromatic heterocycles. The topological polar surface area (TPSA) is 54.3 Å². The van der Waals surface area contributed by atoms with Gasteiger partial charge in [-0.15, -0.1) is 0 Å². The number of pyridine rings is 1. The summed E-state index contributed by atoms with van der Waals surface area (Å²) in [6.07, 6.45) is 2.45. The van der Waals surface area contributed by atoms with Gasteiger partial charge in [-0.05, 0) is 33.1 Å². The lowest BCUT2D eigenvalue weighted by molar-refractivity contribution is 0.0951. The summed E-state index contributed by atoms with van der Waals surface area (Å²) in [5.41, 5.74) is 0.395. The molecule has 1 N–H and O–H groups in total. The summed E-state index contributed by atoms with van der Waals surface area (Å²) in [5.74, 6) is -0.139. The predicted molar refractivity (Wildman–Crippen MR) is 67.2 cm³/mol. The Morgan fingerprint density at radius 3 is 2.71 bits per heavy atom. The van der Waals surface area contributed by atoms with E-state index in [0.29, 0.717) is 12.1 Å². The molecule has 0 spiro atoms. The molecule has 0 bridgehead atoms. The molecule has 0 aromatic carbocycles. The number of rotatable bonds is 5. The van der Waals surface area contributed by atoms with Crippen LogP contribution in [0.1, 0.15) is 16.8 Å². The highest BCUT2D eigenvalue weighted by Gasteiger charge is 2.05. The Balaban J connectivity index is 2.47. The molecule has 0 radical (unpaired) electrons. The maximum Gasteiger partial charge on any atom is 0.252 e. The maximum absolute atomic E-state index is 11.7. The number of hydrogen-bond acceptors (Lipinski definition) is 3. The number of hydrogen-bond donors (Lipinski definition) is 1. The Kier molecular flexibility index (Phi) is 4.90. The molecule has 1 amide bonds. The van der Waals surface area contributed by atoms with Gasteiger partial charge in [-0.2, -0.15) is 0 Å². The van der Waals surface area contributed by atoms with Gasteiger partial charge in [0.1, 0.15) is 0 Å². The minimum absolute atomic E-state index is 0.117. The molecule has 0 saturated heterocycles. The lowest BCUT2D eigenvalue weighted by Gasteiger charge is -2.10. The van der Waals surface area contributed by atoms with Gasteiger partial charge in [-0.1, -0.05) is 0 Å². The van der Waals surface area contributed by atoms with Gasteiger partial charge < -0.3 is 14.8 Å². The second-order valence-corrected chi connectivity index (χ2v) is 4.28. The highest BCUT2D eigenvalue weighted by atomic mass is 16.1. The third-order valence-corrected chi connectivity index (χ3v) is 2.42. The van der Waals surface area contributed by atoms with E-state index in [1.807, 2.05) is 14.1 Å². The molecule has 94 valence electrons. The molecule has 0 aliphatic heterocycles. The van der Waals surface area contributed by atoms with E-state index in [1.165, 1.54) is 10.6 Å². The van der Waals surface area contributed by atoms with Crippen molar-refractivity contribution in [3.63, 3.8) is 0 Å². The molecule has 0 fully saturated rings. The van der Waals surface area contributed by atoms with E-state index >= 15 is 0 Å². The summed E-state index contributed by atoms with van der Waals surface area (Å²) in [6, 6.07) is 2.94. The van der Waals surface area contributed by atoms with Crippen LogP contribution in [0.15, 0.2) is 23.1 Å². The zero-order valence-corrected chi connectivity index (χ0v) is 10.6. The van der Waals surface area contributed by atoms with Gasteiger partial charge in [0, 0.05) is 25.9 Å². The molecule has 1 rings (SSSR count). The third-order valence-electron chi connectivity index (χ3n) is 2.42. The molecular weight excluding hydrogens is 218 g/mol. The first-order valence-electron chi connectivity index (χ1n) is 5.60. The van der Waals surface area contributed by atoms with E-state index in [1.54, 1.807) is 19.3 Å². The van der Waals surface area contributed by atoms with Crippen molar-refractivity contribution in [1.29, 1.82) is 0 Å². The summed E-state index contributed by atoms with van der Waals surface area (Å²) in [7, 11) is 5.62. The van der Waals surface area contributed by atoms with E-state index in [-0.39, 0.29) is 11.5 Å². The number of amides is 1. The lowest BCUT2D eigenvalue weighted by Crippen LogP contribution is -2.28. The average molecular weight is 237 g/mol. The van der Waals surface area contributed by atoms with Gasteiger partial charge in [0.15, 0.2) is 0 Å². The molecule has 5 nitrogen and oxygen atoms in total. The Morgan fingerprint density at radius 1 is 1.41 bits per heavy atom. The fourth-order valence-corrected chi connectivity index (χ4v) is 1.43. The molecule has 1 aromatic rings. The molecule has 0 aliphatic rings. The molecule has 0 unspecified atom stereocenters. The second-order valence-electron chi connectivity index (χ2n) is 4.28. The molecule has 0 aliphatic carbocycles. The Labute approximate surface area is 101 Å². The number of carbonyl (C=O) groups excluding carboxylic acids is 1. The SMILES string of the molecule is CN(C)CCCNC(=O)c1ccc(=O)n(C)c1. The number of aryl methyl sites for hydroxylation is 1. The van der Waals surface area contributed by atoms with Crippen LogP contribution in [0.2, 0.25) is 0 Å². The van der Waals surface area contributed by atoms with Crippen LogP contribution in [-0.4, -0.2) is 42.6 Å². The maximum atomic E-state index is 11.7. The summed E-state index contributed by atoms with van der Waals surface area (Å²) in [4.78, 5) is 24.9. The zero-order chi connectivity index (χ0) is 12.8. The summed E-state index contributed by atoms with van der Waals surface area (Å²) >= 11 is 0. The van der Waals surface area contributed by atoms with Crippen LogP contribution >= 0.6 is 0 Å². The minimum Gasteiger partial charge on any atom is -0.352 e. The molecular formula is C12H19N3O2. The van der Waals surface area contributed by atoms with Crippen LogP contribution in [0.4, 0.5) is 0 Å². The van der Waals surface area contributed by atoms with E-state index in [4.69, 9.17) is 0 Å². The Morgan fingerprint density at radius 2 is 2.12 bits per heavy atom. The van der Waals surface area contributed by atoms with Gasteiger partial charge >= 0.3 is 0 Å². The first-order chi connectivity index (χ1) is 8.00. The normalized spacial score (nSPS) is 10.6. The largest absolute Gasteiger partial charge is 0.352 e. The van der Waals surface area contributed by atoms with E-state index in [2.05, 4.69) is 10.2 Å². The number of nitrogens with zero attached hydrogens (tertiary/aromatic N) is 2. The van der Waals surface area contributed by atoms with E-state index in [0.717, 1.165) is 13.0 Å². The van der Waals surface area contributed by atoms with Crippen molar-refractivity contribution >= 4 is 5.91 Å². The van der Waals surface area contributed by atoms with Gasteiger partial charge in [0.2, 0.25) is 5.56 Å². The van der Waals surface area contributed by atoms with Crippen molar-refractivity contribution in [2.24, 2.45) is 7.05 Å². The summed E-state index contributed by atoms with van der Waals surface area (Å²) < 4.78 is 1.40. The summed E-state index contributed by atoms with van der Waals surface area (Å²) in [6.45, 7) is 1.58. The lowest BCUT2D eigenvalue weighted by atomic mass is 10.2. The molecule has 0 saturated carbocycles. The van der Waals surface area contributed by atoms with Crippen LogP contribution in [0.25, 0.3) is 0 Å². The molecule has 17 heavy (non-hydrogen) atoms. The highest BCUT2D eigenvalue weighted by molar-refractivity contribution is 5.93. The van der Waals surface area contributed by atoms with E-state index < -0.39 is 0 Å². The van der Waals surface area contributed by atoms with Crippen molar-refractivity contribution in [1.82, 2.24) is 14.8 Å². The van der Waals surface area contributed by atoms with Crippen LogP contribution in [0.5, 0.6) is 0 Å². The zero-order valence-electron chi connectivity index (χ0n) is 10.6. The van der Waals surface area contributed by atoms with Crippen LogP contribution in [0, 0.1) is 0 Å². The van der Waals surface area contributed by atoms with Crippen molar-refractivity contribution in [3.8, 4) is 0 Å². The van der Waals surface area contributed by atoms with Crippen LogP contribution < -0.4 is 10.9 Å². The molecule has 5 heteroatoms. The van der Waals surface area contributed by atoms with E-state index in [9.17, 15) is 9.59 Å². The highest BCUT2D eigenvalue weighted by Crippen LogP contribution is 1.94. The standard InChI is InChI=1S/C12H19N3O2/c1-14(2)8-4-7-13-12(17)10-5-6-11(16)15(3)9-10/h5-6,9H,4,7-8H2,1-3H3,(H,13,17).